The zero-order chi connectivity index (χ0) is 15.2. The van der Waals surface area contributed by atoms with Crippen molar-refractivity contribution in [2.75, 3.05) is 18.3 Å². The Morgan fingerprint density at radius 2 is 1.95 bits per heavy atom. The summed E-state index contributed by atoms with van der Waals surface area (Å²) in [5.41, 5.74) is 2.41. The van der Waals surface area contributed by atoms with Gasteiger partial charge in [0.05, 0.1) is 12.7 Å². The Morgan fingerprint density at radius 1 is 1.24 bits per heavy atom. The van der Waals surface area contributed by atoms with Gasteiger partial charge < -0.3 is 10.1 Å². The van der Waals surface area contributed by atoms with E-state index in [4.69, 9.17) is 16.3 Å². The fourth-order valence-corrected chi connectivity index (χ4v) is 2.51. The Kier molecular flexibility index (Phi) is 5.65. The summed E-state index contributed by atoms with van der Waals surface area (Å²) in [6.07, 6.45) is 0.817. The van der Waals surface area contributed by atoms with Gasteiger partial charge in [0.2, 0.25) is 0 Å². The molecule has 2 aromatic carbocycles. The predicted octanol–water partition coefficient (Wildman–Crippen LogP) is 4.49. The van der Waals surface area contributed by atoms with Gasteiger partial charge >= 0.3 is 0 Å². The lowest BCUT2D eigenvalue weighted by molar-refractivity contribution is 0.102. The number of alkyl halides is 1. The third-order valence-electron chi connectivity index (χ3n) is 3.01. The number of benzene rings is 2. The maximum atomic E-state index is 12.3. The SMILES string of the molecule is COc1ccc(Br)c(C(=O)Nc2ccc(CCCl)cc2)c1. The van der Waals surface area contributed by atoms with Crippen LogP contribution in [0.3, 0.4) is 0 Å². The lowest BCUT2D eigenvalue weighted by Gasteiger charge is -2.09. The summed E-state index contributed by atoms with van der Waals surface area (Å²) in [6, 6.07) is 12.9. The molecule has 1 N–H and O–H groups in total. The van der Waals surface area contributed by atoms with Gasteiger partial charge in [-0.2, -0.15) is 0 Å². The van der Waals surface area contributed by atoms with Crippen LogP contribution in [0.2, 0.25) is 0 Å². The third kappa shape index (κ3) is 4.22. The van der Waals surface area contributed by atoms with Crippen molar-refractivity contribution in [3.05, 3.63) is 58.1 Å². The van der Waals surface area contributed by atoms with Crippen molar-refractivity contribution in [2.45, 2.75) is 6.42 Å². The molecule has 21 heavy (non-hydrogen) atoms. The van der Waals surface area contributed by atoms with Crippen LogP contribution in [-0.4, -0.2) is 18.9 Å². The molecule has 0 unspecified atom stereocenters. The summed E-state index contributed by atoms with van der Waals surface area (Å²) in [7, 11) is 1.57. The molecule has 0 spiro atoms. The molecule has 0 bridgehead atoms. The summed E-state index contributed by atoms with van der Waals surface area (Å²) < 4.78 is 5.86. The zero-order valence-corrected chi connectivity index (χ0v) is 13.9. The molecule has 0 aliphatic rings. The summed E-state index contributed by atoms with van der Waals surface area (Å²) in [4.78, 5) is 12.3. The van der Waals surface area contributed by atoms with E-state index >= 15 is 0 Å². The van der Waals surface area contributed by atoms with E-state index in [0.717, 1.165) is 22.1 Å². The van der Waals surface area contributed by atoms with Gasteiger partial charge in [0, 0.05) is 16.0 Å². The molecule has 0 saturated carbocycles. The number of rotatable bonds is 5. The van der Waals surface area contributed by atoms with Crippen molar-refractivity contribution in [3.63, 3.8) is 0 Å². The summed E-state index contributed by atoms with van der Waals surface area (Å²) in [5, 5.41) is 2.86. The van der Waals surface area contributed by atoms with Gasteiger partial charge in [-0.3, -0.25) is 4.79 Å². The molecule has 0 aromatic heterocycles. The smallest absolute Gasteiger partial charge is 0.256 e. The van der Waals surface area contributed by atoms with E-state index in [-0.39, 0.29) is 5.91 Å². The zero-order valence-electron chi connectivity index (χ0n) is 11.5. The molecule has 2 rings (SSSR count). The van der Waals surface area contributed by atoms with Crippen LogP contribution in [0.1, 0.15) is 15.9 Å². The number of nitrogens with one attached hydrogen (secondary N) is 1. The minimum absolute atomic E-state index is 0.189. The van der Waals surface area contributed by atoms with E-state index in [9.17, 15) is 4.79 Å². The molecule has 1 amide bonds. The molecule has 0 atom stereocenters. The van der Waals surface area contributed by atoms with Gasteiger partial charge in [-0.1, -0.05) is 12.1 Å². The van der Waals surface area contributed by atoms with Gasteiger partial charge in [-0.05, 0) is 58.2 Å². The highest BCUT2D eigenvalue weighted by atomic mass is 79.9. The molecule has 0 heterocycles. The van der Waals surface area contributed by atoms with Crippen LogP contribution in [0.15, 0.2) is 46.9 Å². The molecule has 2 aromatic rings. The Balaban J connectivity index is 2.14. The highest BCUT2D eigenvalue weighted by Gasteiger charge is 2.11. The lowest BCUT2D eigenvalue weighted by Crippen LogP contribution is -2.12. The van der Waals surface area contributed by atoms with E-state index in [1.54, 1.807) is 25.3 Å². The first kappa shape index (κ1) is 15.9. The number of hydrogen-bond acceptors (Lipinski definition) is 2. The monoisotopic (exact) mass is 367 g/mol. The van der Waals surface area contributed by atoms with E-state index in [2.05, 4.69) is 21.2 Å². The Morgan fingerprint density at radius 3 is 2.57 bits per heavy atom. The second-order valence-corrected chi connectivity index (χ2v) is 5.67. The first-order valence-electron chi connectivity index (χ1n) is 6.44. The van der Waals surface area contributed by atoms with Crippen molar-refractivity contribution >= 4 is 39.1 Å². The Hall–Kier alpha value is -1.52. The standard InChI is InChI=1S/C16H15BrClNO2/c1-21-13-6-7-15(17)14(10-13)16(20)19-12-4-2-11(3-5-12)8-9-18/h2-7,10H,8-9H2,1H3,(H,19,20). The molecular formula is C16H15BrClNO2. The predicted molar refractivity (Wildman–Crippen MR) is 89.5 cm³/mol. The summed E-state index contributed by atoms with van der Waals surface area (Å²) >= 11 is 9.07. The van der Waals surface area contributed by atoms with E-state index in [1.807, 2.05) is 24.3 Å². The molecule has 3 nitrogen and oxygen atoms in total. The minimum atomic E-state index is -0.189. The fraction of sp³-hybridized carbons (Fsp3) is 0.188. The molecule has 110 valence electrons. The van der Waals surface area contributed by atoms with E-state index in [0.29, 0.717) is 17.2 Å². The number of methoxy groups -OCH3 is 1. The molecule has 0 fully saturated rings. The average molecular weight is 369 g/mol. The fourth-order valence-electron chi connectivity index (χ4n) is 1.87. The first-order valence-corrected chi connectivity index (χ1v) is 7.76. The van der Waals surface area contributed by atoms with E-state index in [1.165, 1.54) is 0 Å². The van der Waals surface area contributed by atoms with Crippen molar-refractivity contribution in [1.29, 1.82) is 0 Å². The number of aryl methyl sites for hydroxylation is 1. The van der Waals surface area contributed by atoms with Gasteiger partial charge in [0.15, 0.2) is 0 Å². The summed E-state index contributed by atoms with van der Waals surface area (Å²) in [5.74, 6) is 1.04. The number of carbonyl (C=O) groups excluding carboxylic acids is 1. The Labute approximate surface area is 137 Å². The number of carbonyl (C=O) groups is 1. The summed E-state index contributed by atoms with van der Waals surface area (Å²) in [6.45, 7) is 0. The van der Waals surface area contributed by atoms with Crippen LogP contribution in [0, 0.1) is 0 Å². The van der Waals surface area contributed by atoms with Crippen molar-refractivity contribution in [2.24, 2.45) is 0 Å². The maximum absolute atomic E-state index is 12.3. The van der Waals surface area contributed by atoms with Crippen LogP contribution in [0.5, 0.6) is 5.75 Å². The van der Waals surface area contributed by atoms with Crippen LogP contribution < -0.4 is 10.1 Å². The molecule has 0 saturated heterocycles. The number of ether oxygens (including phenoxy) is 1. The molecular weight excluding hydrogens is 354 g/mol. The van der Waals surface area contributed by atoms with Crippen LogP contribution in [0.4, 0.5) is 5.69 Å². The largest absolute Gasteiger partial charge is 0.497 e. The minimum Gasteiger partial charge on any atom is -0.497 e. The number of halogens is 2. The average Bonchev–Trinajstić information content (AvgIpc) is 2.50. The highest BCUT2D eigenvalue weighted by Crippen LogP contribution is 2.23. The molecule has 5 heteroatoms. The second-order valence-electron chi connectivity index (χ2n) is 4.44. The molecule has 0 aliphatic heterocycles. The number of amides is 1. The molecule has 0 radical (unpaired) electrons. The molecule has 0 aliphatic carbocycles. The van der Waals surface area contributed by atoms with Crippen molar-refractivity contribution < 1.29 is 9.53 Å². The van der Waals surface area contributed by atoms with Crippen molar-refractivity contribution in [3.8, 4) is 5.75 Å². The van der Waals surface area contributed by atoms with Crippen LogP contribution in [0.25, 0.3) is 0 Å². The number of hydrogen-bond donors (Lipinski definition) is 1. The van der Waals surface area contributed by atoms with Gasteiger partial charge in [0.25, 0.3) is 5.91 Å². The quantitative estimate of drug-likeness (QED) is 0.790. The third-order valence-corrected chi connectivity index (χ3v) is 3.89. The first-order chi connectivity index (χ1) is 10.1. The van der Waals surface area contributed by atoms with Crippen molar-refractivity contribution in [1.82, 2.24) is 0 Å². The highest BCUT2D eigenvalue weighted by molar-refractivity contribution is 9.10. The topological polar surface area (TPSA) is 38.3 Å². The van der Waals surface area contributed by atoms with Crippen LogP contribution >= 0.6 is 27.5 Å². The second kappa shape index (κ2) is 7.48. The van der Waals surface area contributed by atoms with E-state index < -0.39 is 0 Å². The lowest BCUT2D eigenvalue weighted by atomic mass is 10.1. The Bertz CT molecular complexity index is 629. The number of anilines is 1. The normalized spacial score (nSPS) is 10.2. The maximum Gasteiger partial charge on any atom is 0.256 e. The van der Waals surface area contributed by atoms with Crippen LogP contribution in [-0.2, 0) is 6.42 Å². The van der Waals surface area contributed by atoms with Gasteiger partial charge in [-0.25, -0.2) is 0 Å². The van der Waals surface area contributed by atoms with Gasteiger partial charge in [0.1, 0.15) is 5.75 Å². The van der Waals surface area contributed by atoms with Gasteiger partial charge in [-0.15, -0.1) is 11.6 Å².